The Labute approximate surface area is 99.6 Å². The predicted octanol–water partition coefficient (Wildman–Crippen LogP) is 2.51. The smallest absolute Gasteiger partial charge is 0.124 e. The molecule has 0 amide bonds. The maximum absolute atomic E-state index is 13.3. The minimum atomic E-state index is -0.187. The summed E-state index contributed by atoms with van der Waals surface area (Å²) in [4.78, 5) is 2.33. The Morgan fingerprint density at radius 2 is 2.12 bits per heavy atom. The molecule has 0 bridgehead atoms. The third-order valence-electron chi connectivity index (χ3n) is 3.66. The maximum Gasteiger partial charge on any atom is 0.124 e. The first-order valence-electron chi connectivity index (χ1n) is 6.06. The SMILES string of the molecule is CN1CCC(c2n[nH]c3ccc(F)cc23)CC1. The lowest BCUT2D eigenvalue weighted by Crippen LogP contribution is -2.29. The summed E-state index contributed by atoms with van der Waals surface area (Å²) in [5.41, 5.74) is 1.97. The highest BCUT2D eigenvalue weighted by molar-refractivity contribution is 5.81. The van der Waals surface area contributed by atoms with Crippen LogP contribution < -0.4 is 0 Å². The number of fused-ring (bicyclic) bond motifs is 1. The molecule has 1 saturated heterocycles. The number of aromatic nitrogens is 2. The van der Waals surface area contributed by atoms with Crippen LogP contribution in [0.25, 0.3) is 10.9 Å². The molecule has 0 spiro atoms. The lowest BCUT2D eigenvalue weighted by Gasteiger charge is -2.27. The number of H-pyrrole nitrogens is 1. The molecule has 0 unspecified atom stereocenters. The van der Waals surface area contributed by atoms with Crippen LogP contribution in [-0.4, -0.2) is 35.2 Å². The van der Waals surface area contributed by atoms with Gasteiger partial charge in [0.1, 0.15) is 5.82 Å². The Balaban J connectivity index is 1.97. The van der Waals surface area contributed by atoms with Crippen molar-refractivity contribution in [3.05, 3.63) is 29.7 Å². The molecular weight excluding hydrogens is 217 g/mol. The molecule has 0 aliphatic carbocycles. The summed E-state index contributed by atoms with van der Waals surface area (Å²) in [5.74, 6) is 0.273. The number of likely N-dealkylation sites (tertiary alicyclic amines) is 1. The summed E-state index contributed by atoms with van der Waals surface area (Å²) in [6.07, 6.45) is 2.21. The standard InChI is InChI=1S/C13H16FN3/c1-17-6-4-9(5-7-17)13-11-8-10(14)2-3-12(11)15-16-13/h2-3,8-9H,4-7H2,1H3,(H,15,16). The van der Waals surface area contributed by atoms with E-state index in [0.717, 1.165) is 42.5 Å². The van der Waals surface area contributed by atoms with Gasteiger partial charge in [-0.25, -0.2) is 4.39 Å². The lowest BCUT2D eigenvalue weighted by atomic mass is 9.92. The number of rotatable bonds is 1. The van der Waals surface area contributed by atoms with Gasteiger partial charge in [0, 0.05) is 11.3 Å². The monoisotopic (exact) mass is 233 g/mol. The quantitative estimate of drug-likeness (QED) is 0.820. The number of benzene rings is 1. The Kier molecular flexibility index (Phi) is 2.59. The predicted molar refractivity (Wildman–Crippen MR) is 65.5 cm³/mol. The number of hydrogen-bond acceptors (Lipinski definition) is 2. The molecule has 1 aliphatic heterocycles. The van der Waals surface area contributed by atoms with Gasteiger partial charge in [-0.05, 0) is 51.2 Å². The topological polar surface area (TPSA) is 31.9 Å². The van der Waals surface area contributed by atoms with E-state index >= 15 is 0 Å². The van der Waals surface area contributed by atoms with E-state index < -0.39 is 0 Å². The van der Waals surface area contributed by atoms with Crippen molar-refractivity contribution in [2.75, 3.05) is 20.1 Å². The van der Waals surface area contributed by atoms with Crippen LogP contribution in [-0.2, 0) is 0 Å². The minimum Gasteiger partial charge on any atom is -0.306 e. The highest BCUT2D eigenvalue weighted by atomic mass is 19.1. The van der Waals surface area contributed by atoms with Crippen LogP contribution in [0.15, 0.2) is 18.2 Å². The molecule has 17 heavy (non-hydrogen) atoms. The van der Waals surface area contributed by atoms with E-state index in [2.05, 4.69) is 22.1 Å². The molecule has 90 valence electrons. The van der Waals surface area contributed by atoms with E-state index in [1.54, 1.807) is 12.1 Å². The summed E-state index contributed by atoms with van der Waals surface area (Å²) in [7, 11) is 2.14. The second kappa shape index (κ2) is 4.11. The van der Waals surface area contributed by atoms with Crippen LogP contribution in [0.2, 0.25) is 0 Å². The zero-order valence-electron chi connectivity index (χ0n) is 9.91. The Morgan fingerprint density at radius 3 is 2.88 bits per heavy atom. The Bertz CT molecular complexity index is 526. The van der Waals surface area contributed by atoms with Crippen molar-refractivity contribution < 1.29 is 4.39 Å². The molecule has 0 radical (unpaired) electrons. The van der Waals surface area contributed by atoms with Crippen LogP contribution >= 0.6 is 0 Å². The molecule has 3 rings (SSSR count). The van der Waals surface area contributed by atoms with Crippen LogP contribution in [0.4, 0.5) is 4.39 Å². The van der Waals surface area contributed by atoms with Gasteiger partial charge in [0.2, 0.25) is 0 Å². The van der Waals surface area contributed by atoms with Crippen molar-refractivity contribution in [3.63, 3.8) is 0 Å². The number of nitrogens with one attached hydrogen (secondary N) is 1. The summed E-state index contributed by atoms with van der Waals surface area (Å²) in [6.45, 7) is 2.18. The first-order chi connectivity index (χ1) is 8.24. The van der Waals surface area contributed by atoms with Crippen molar-refractivity contribution >= 4 is 10.9 Å². The van der Waals surface area contributed by atoms with Gasteiger partial charge in [-0.1, -0.05) is 0 Å². The third kappa shape index (κ3) is 1.93. The minimum absolute atomic E-state index is 0.187. The zero-order chi connectivity index (χ0) is 11.8. The van der Waals surface area contributed by atoms with E-state index in [9.17, 15) is 4.39 Å². The first kappa shape index (κ1) is 10.7. The fraction of sp³-hybridized carbons (Fsp3) is 0.462. The average molecular weight is 233 g/mol. The van der Waals surface area contributed by atoms with Crippen molar-refractivity contribution in [1.29, 1.82) is 0 Å². The van der Waals surface area contributed by atoms with Gasteiger partial charge in [0.05, 0.1) is 11.2 Å². The summed E-state index contributed by atoms with van der Waals surface area (Å²) < 4.78 is 13.3. The number of halogens is 1. The van der Waals surface area contributed by atoms with E-state index in [1.807, 2.05) is 0 Å². The second-order valence-electron chi connectivity index (χ2n) is 4.88. The summed E-state index contributed by atoms with van der Waals surface area (Å²) in [5, 5.41) is 8.31. The fourth-order valence-corrected chi connectivity index (χ4v) is 2.60. The number of aromatic amines is 1. The highest BCUT2D eigenvalue weighted by Crippen LogP contribution is 2.31. The van der Waals surface area contributed by atoms with Gasteiger partial charge in [-0.3, -0.25) is 5.10 Å². The lowest BCUT2D eigenvalue weighted by molar-refractivity contribution is 0.254. The molecule has 1 fully saturated rings. The first-order valence-corrected chi connectivity index (χ1v) is 6.06. The molecule has 1 aromatic carbocycles. The maximum atomic E-state index is 13.3. The summed E-state index contributed by atoms with van der Waals surface area (Å²) >= 11 is 0. The normalized spacial score (nSPS) is 18.9. The van der Waals surface area contributed by atoms with Crippen LogP contribution in [0.3, 0.4) is 0 Å². The molecule has 0 atom stereocenters. The largest absolute Gasteiger partial charge is 0.306 e. The molecule has 1 aliphatic rings. The van der Waals surface area contributed by atoms with E-state index in [0.29, 0.717) is 5.92 Å². The van der Waals surface area contributed by atoms with Gasteiger partial charge in [-0.2, -0.15) is 5.10 Å². The van der Waals surface area contributed by atoms with E-state index in [-0.39, 0.29) is 5.82 Å². The molecule has 4 heteroatoms. The molecule has 2 heterocycles. The van der Waals surface area contributed by atoms with Gasteiger partial charge < -0.3 is 4.90 Å². The highest BCUT2D eigenvalue weighted by Gasteiger charge is 2.22. The van der Waals surface area contributed by atoms with E-state index in [1.165, 1.54) is 6.07 Å². The van der Waals surface area contributed by atoms with Crippen LogP contribution in [0.1, 0.15) is 24.5 Å². The molecule has 1 aromatic heterocycles. The van der Waals surface area contributed by atoms with Crippen molar-refractivity contribution in [2.24, 2.45) is 0 Å². The van der Waals surface area contributed by atoms with Gasteiger partial charge in [-0.15, -0.1) is 0 Å². The van der Waals surface area contributed by atoms with E-state index in [4.69, 9.17) is 0 Å². The van der Waals surface area contributed by atoms with Gasteiger partial charge in [0.15, 0.2) is 0 Å². The third-order valence-corrected chi connectivity index (χ3v) is 3.66. The Morgan fingerprint density at radius 1 is 1.35 bits per heavy atom. The van der Waals surface area contributed by atoms with Crippen molar-refractivity contribution in [1.82, 2.24) is 15.1 Å². The van der Waals surface area contributed by atoms with Crippen LogP contribution in [0, 0.1) is 5.82 Å². The van der Waals surface area contributed by atoms with Gasteiger partial charge >= 0.3 is 0 Å². The molecule has 3 nitrogen and oxygen atoms in total. The Hall–Kier alpha value is -1.42. The second-order valence-corrected chi connectivity index (χ2v) is 4.88. The number of nitrogens with zero attached hydrogens (tertiary/aromatic N) is 2. The van der Waals surface area contributed by atoms with Gasteiger partial charge in [0.25, 0.3) is 0 Å². The van der Waals surface area contributed by atoms with Crippen LogP contribution in [0.5, 0.6) is 0 Å². The molecule has 0 saturated carbocycles. The molecular formula is C13H16FN3. The zero-order valence-corrected chi connectivity index (χ0v) is 9.91. The number of piperidine rings is 1. The summed E-state index contributed by atoms with van der Waals surface area (Å²) in [6, 6.07) is 4.82. The number of hydrogen-bond donors (Lipinski definition) is 1. The molecule has 1 N–H and O–H groups in total. The average Bonchev–Trinajstić information content (AvgIpc) is 2.73. The fourth-order valence-electron chi connectivity index (χ4n) is 2.60. The van der Waals surface area contributed by atoms with Crippen molar-refractivity contribution in [3.8, 4) is 0 Å². The van der Waals surface area contributed by atoms with Crippen molar-refractivity contribution in [2.45, 2.75) is 18.8 Å². The molecule has 2 aromatic rings.